The Bertz CT molecular complexity index is 685. The summed E-state index contributed by atoms with van der Waals surface area (Å²) in [7, 11) is 0. The van der Waals surface area contributed by atoms with Crippen LogP contribution in [0.15, 0.2) is 22.7 Å². The van der Waals surface area contributed by atoms with E-state index in [4.69, 9.17) is 10.5 Å². The zero-order valence-corrected chi connectivity index (χ0v) is 13.3. The van der Waals surface area contributed by atoms with E-state index >= 15 is 0 Å². The number of nitrogen functional groups attached to an aromatic ring is 1. The molecular weight excluding hydrogens is 341 g/mol. The smallest absolute Gasteiger partial charge is 0.360 e. The van der Waals surface area contributed by atoms with Crippen LogP contribution in [0.2, 0.25) is 0 Å². The third kappa shape index (κ3) is 2.92. The number of rotatable bonds is 4. The molecule has 7 heteroatoms. The molecule has 5 nitrogen and oxygen atoms in total. The van der Waals surface area contributed by atoms with Gasteiger partial charge in [0.1, 0.15) is 17.5 Å². The summed E-state index contributed by atoms with van der Waals surface area (Å²) in [5.74, 6) is -0.497. The lowest BCUT2D eigenvalue weighted by Crippen LogP contribution is -2.10. The van der Waals surface area contributed by atoms with Gasteiger partial charge in [0.2, 0.25) is 0 Å². The van der Waals surface area contributed by atoms with Crippen LogP contribution in [0.5, 0.6) is 0 Å². The molecule has 112 valence electrons. The van der Waals surface area contributed by atoms with Crippen LogP contribution in [0.1, 0.15) is 30.2 Å². The van der Waals surface area contributed by atoms with Crippen LogP contribution in [0.4, 0.5) is 10.2 Å². The number of imidazole rings is 1. The van der Waals surface area contributed by atoms with Gasteiger partial charge in [-0.3, -0.25) is 4.57 Å². The number of aryl methyl sites for hydroxylation is 1. The van der Waals surface area contributed by atoms with Gasteiger partial charge in [0, 0.05) is 10.9 Å². The second kappa shape index (κ2) is 6.26. The fourth-order valence-electron chi connectivity index (χ4n) is 2.00. The zero-order valence-electron chi connectivity index (χ0n) is 11.7. The van der Waals surface area contributed by atoms with Crippen molar-refractivity contribution in [1.29, 1.82) is 0 Å². The summed E-state index contributed by atoms with van der Waals surface area (Å²) in [5.41, 5.74) is 6.23. The monoisotopic (exact) mass is 355 g/mol. The Labute approximate surface area is 130 Å². The van der Waals surface area contributed by atoms with E-state index in [1.165, 1.54) is 10.6 Å². The van der Waals surface area contributed by atoms with Crippen LogP contribution in [-0.4, -0.2) is 22.1 Å². The fraction of sp³-hybridized carbons (Fsp3) is 0.286. The maximum absolute atomic E-state index is 14.1. The van der Waals surface area contributed by atoms with E-state index in [9.17, 15) is 9.18 Å². The lowest BCUT2D eigenvalue weighted by atomic mass is 10.3. The summed E-state index contributed by atoms with van der Waals surface area (Å²) >= 11 is 3.20. The second-order valence-electron chi connectivity index (χ2n) is 4.27. The Kier molecular flexibility index (Phi) is 4.62. The molecule has 0 aliphatic carbocycles. The average molecular weight is 356 g/mol. The number of aromatic nitrogens is 2. The highest BCUT2D eigenvalue weighted by Gasteiger charge is 2.23. The standard InChI is InChI=1S/C14H15BrFN3O2/c1-3-11-18-12(14(20)21-4-2)13(17)19(11)10-6-5-8(15)7-9(10)16/h5-7H,3-4,17H2,1-2H3. The molecule has 0 bridgehead atoms. The molecule has 1 aromatic heterocycles. The van der Waals surface area contributed by atoms with Crippen LogP contribution < -0.4 is 5.73 Å². The largest absolute Gasteiger partial charge is 0.461 e. The number of nitrogens with zero attached hydrogens (tertiary/aromatic N) is 2. The molecule has 0 atom stereocenters. The van der Waals surface area contributed by atoms with E-state index in [2.05, 4.69) is 20.9 Å². The van der Waals surface area contributed by atoms with E-state index in [1.807, 2.05) is 6.92 Å². The van der Waals surface area contributed by atoms with Crippen molar-refractivity contribution in [2.75, 3.05) is 12.3 Å². The third-order valence-electron chi connectivity index (χ3n) is 2.92. The number of carbonyl (C=O) groups is 1. The van der Waals surface area contributed by atoms with Gasteiger partial charge in [-0.05, 0) is 25.1 Å². The minimum absolute atomic E-state index is 0.0102. The molecule has 1 heterocycles. The normalized spacial score (nSPS) is 10.7. The molecule has 2 N–H and O–H groups in total. The molecule has 2 rings (SSSR count). The summed E-state index contributed by atoms with van der Waals surface area (Å²) in [4.78, 5) is 16.0. The van der Waals surface area contributed by atoms with Crippen LogP contribution in [-0.2, 0) is 11.2 Å². The van der Waals surface area contributed by atoms with Crippen LogP contribution >= 0.6 is 15.9 Å². The van der Waals surface area contributed by atoms with Gasteiger partial charge in [-0.25, -0.2) is 14.2 Å². The Hall–Kier alpha value is -1.89. The molecular formula is C14H15BrFN3O2. The maximum Gasteiger partial charge on any atom is 0.360 e. The number of ether oxygens (including phenoxy) is 1. The molecule has 0 radical (unpaired) electrons. The second-order valence-corrected chi connectivity index (χ2v) is 5.18. The molecule has 0 amide bonds. The number of anilines is 1. The first-order valence-electron chi connectivity index (χ1n) is 6.49. The van der Waals surface area contributed by atoms with Gasteiger partial charge in [0.25, 0.3) is 0 Å². The Morgan fingerprint density at radius 3 is 2.76 bits per heavy atom. The van der Waals surface area contributed by atoms with Gasteiger partial charge in [-0.1, -0.05) is 22.9 Å². The van der Waals surface area contributed by atoms with Crippen LogP contribution in [0, 0.1) is 5.82 Å². The highest BCUT2D eigenvalue weighted by molar-refractivity contribution is 9.10. The van der Waals surface area contributed by atoms with E-state index in [1.54, 1.807) is 19.1 Å². The number of halogens is 2. The topological polar surface area (TPSA) is 70.1 Å². The molecule has 0 spiro atoms. The summed E-state index contributed by atoms with van der Waals surface area (Å²) < 4.78 is 21.1. The van der Waals surface area contributed by atoms with Gasteiger partial charge in [0.15, 0.2) is 5.69 Å². The molecule has 0 unspecified atom stereocenters. The molecule has 0 fully saturated rings. The lowest BCUT2D eigenvalue weighted by molar-refractivity contribution is 0.0521. The Balaban J connectivity index is 2.60. The predicted molar refractivity (Wildman–Crippen MR) is 81.0 cm³/mol. The summed E-state index contributed by atoms with van der Waals surface area (Å²) in [6.45, 7) is 3.77. The summed E-state index contributed by atoms with van der Waals surface area (Å²) in [5, 5.41) is 0. The van der Waals surface area contributed by atoms with Gasteiger partial charge in [0.05, 0.1) is 12.3 Å². The molecule has 0 saturated heterocycles. The van der Waals surface area contributed by atoms with Crippen molar-refractivity contribution < 1.29 is 13.9 Å². The minimum Gasteiger partial charge on any atom is -0.461 e. The van der Waals surface area contributed by atoms with Gasteiger partial charge >= 0.3 is 5.97 Å². The molecule has 21 heavy (non-hydrogen) atoms. The maximum atomic E-state index is 14.1. The van der Waals surface area contributed by atoms with E-state index in [0.717, 1.165) is 0 Å². The number of nitrogens with two attached hydrogens (primary N) is 1. The lowest BCUT2D eigenvalue weighted by Gasteiger charge is -2.10. The number of esters is 1. The van der Waals surface area contributed by atoms with Gasteiger partial charge in [-0.2, -0.15) is 0 Å². The third-order valence-corrected chi connectivity index (χ3v) is 3.41. The predicted octanol–water partition coefficient (Wildman–Crippen LogP) is 3.10. The molecule has 0 aliphatic rings. The van der Waals surface area contributed by atoms with Crippen molar-refractivity contribution >= 4 is 27.7 Å². The van der Waals surface area contributed by atoms with Crippen molar-refractivity contribution in [2.45, 2.75) is 20.3 Å². The summed E-state index contributed by atoms with van der Waals surface area (Å²) in [6, 6.07) is 4.60. The first kappa shape index (κ1) is 15.5. The van der Waals surface area contributed by atoms with E-state index in [-0.39, 0.29) is 23.8 Å². The SMILES string of the molecule is CCOC(=O)c1nc(CC)n(-c2ccc(Br)cc2F)c1N. The number of hydrogen-bond donors (Lipinski definition) is 1. The van der Waals surface area contributed by atoms with Gasteiger partial charge in [-0.15, -0.1) is 0 Å². The van der Waals surface area contributed by atoms with E-state index in [0.29, 0.717) is 16.7 Å². The van der Waals surface area contributed by atoms with Crippen molar-refractivity contribution in [3.8, 4) is 5.69 Å². The summed E-state index contributed by atoms with van der Waals surface area (Å²) in [6.07, 6.45) is 0.499. The molecule has 0 saturated carbocycles. The average Bonchev–Trinajstić information content (AvgIpc) is 2.76. The molecule has 0 aliphatic heterocycles. The van der Waals surface area contributed by atoms with Gasteiger partial charge < -0.3 is 10.5 Å². The number of benzene rings is 1. The first-order chi connectivity index (χ1) is 9.99. The number of carbonyl (C=O) groups excluding carboxylic acids is 1. The first-order valence-corrected chi connectivity index (χ1v) is 7.28. The number of hydrogen-bond acceptors (Lipinski definition) is 4. The molecule has 1 aromatic carbocycles. The van der Waals surface area contributed by atoms with Crippen molar-refractivity contribution in [3.05, 3.63) is 40.0 Å². The van der Waals surface area contributed by atoms with Crippen molar-refractivity contribution in [2.24, 2.45) is 0 Å². The van der Waals surface area contributed by atoms with E-state index < -0.39 is 11.8 Å². The van der Waals surface area contributed by atoms with Crippen molar-refractivity contribution in [1.82, 2.24) is 9.55 Å². The van der Waals surface area contributed by atoms with Crippen LogP contribution in [0.25, 0.3) is 5.69 Å². The van der Waals surface area contributed by atoms with Crippen LogP contribution in [0.3, 0.4) is 0 Å². The zero-order chi connectivity index (χ0) is 15.6. The minimum atomic E-state index is -0.610. The Morgan fingerprint density at radius 2 is 2.19 bits per heavy atom. The fourth-order valence-corrected chi connectivity index (χ4v) is 2.33. The molecule has 2 aromatic rings. The quantitative estimate of drug-likeness (QED) is 0.855. The van der Waals surface area contributed by atoms with Crippen molar-refractivity contribution in [3.63, 3.8) is 0 Å². The highest BCUT2D eigenvalue weighted by Crippen LogP contribution is 2.26. The highest BCUT2D eigenvalue weighted by atomic mass is 79.9. The Morgan fingerprint density at radius 1 is 1.48 bits per heavy atom.